The van der Waals surface area contributed by atoms with Gasteiger partial charge < -0.3 is 10.2 Å². The molecule has 0 amide bonds. The molecular formula is C10H16Cl2N4. The number of halogens is 2. The Labute approximate surface area is 108 Å². The second-order valence-corrected chi connectivity index (χ2v) is 4.12. The van der Waals surface area contributed by atoms with Gasteiger partial charge in [-0.3, -0.25) is 0 Å². The third-order valence-corrected chi connectivity index (χ3v) is 3.10. The largest absolute Gasteiger partial charge is 0.352 e. The third-order valence-electron chi connectivity index (χ3n) is 3.10. The van der Waals surface area contributed by atoms with E-state index in [9.17, 15) is 0 Å². The number of rotatable bonds is 1. The van der Waals surface area contributed by atoms with E-state index >= 15 is 0 Å². The molecule has 2 unspecified atom stereocenters. The topological polar surface area (TPSA) is 41.1 Å². The summed E-state index contributed by atoms with van der Waals surface area (Å²) in [7, 11) is 0. The van der Waals surface area contributed by atoms with Crippen LogP contribution in [0.4, 0.5) is 5.82 Å². The Kier molecular flexibility index (Phi) is 4.77. The van der Waals surface area contributed by atoms with E-state index in [-0.39, 0.29) is 24.8 Å². The molecule has 2 saturated heterocycles. The summed E-state index contributed by atoms with van der Waals surface area (Å²) >= 11 is 0. The molecule has 6 heteroatoms. The molecule has 2 atom stereocenters. The van der Waals surface area contributed by atoms with E-state index in [1.807, 2.05) is 12.1 Å². The van der Waals surface area contributed by atoms with Gasteiger partial charge in [-0.25, -0.2) is 0 Å². The van der Waals surface area contributed by atoms with Crippen LogP contribution in [-0.2, 0) is 0 Å². The summed E-state index contributed by atoms with van der Waals surface area (Å²) in [5.41, 5.74) is 0. The SMILES string of the molecule is Cl.Cl.c1cnnc(N2CC3CCC(C2)N3)c1. The summed E-state index contributed by atoms with van der Waals surface area (Å²) in [6.45, 7) is 2.16. The van der Waals surface area contributed by atoms with Crippen LogP contribution in [0.3, 0.4) is 0 Å². The lowest BCUT2D eigenvalue weighted by atomic mass is 10.2. The average molecular weight is 263 g/mol. The lowest BCUT2D eigenvalue weighted by Gasteiger charge is -2.33. The standard InChI is InChI=1S/C10H14N4.2ClH/c1-2-10(13-11-5-1)14-6-8-3-4-9(7-14)12-8;;/h1-2,5,8-9,12H,3-4,6-7H2;2*1H. The molecule has 1 N–H and O–H groups in total. The summed E-state index contributed by atoms with van der Waals surface area (Å²) in [5, 5.41) is 11.7. The van der Waals surface area contributed by atoms with Crippen LogP contribution in [0.15, 0.2) is 18.3 Å². The van der Waals surface area contributed by atoms with Gasteiger partial charge in [-0.15, -0.1) is 29.9 Å². The van der Waals surface area contributed by atoms with Gasteiger partial charge in [0.1, 0.15) is 0 Å². The Hall–Kier alpha value is -0.580. The van der Waals surface area contributed by atoms with E-state index in [0.717, 1.165) is 18.9 Å². The highest BCUT2D eigenvalue weighted by molar-refractivity contribution is 5.85. The molecule has 0 saturated carbocycles. The van der Waals surface area contributed by atoms with Gasteiger partial charge in [0.2, 0.25) is 0 Å². The van der Waals surface area contributed by atoms with E-state index in [4.69, 9.17) is 0 Å². The lowest BCUT2D eigenvalue weighted by molar-refractivity contribution is 0.462. The van der Waals surface area contributed by atoms with E-state index in [1.54, 1.807) is 6.20 Å². The number of piperazine rings is 1. The van der Waals surface area contributed by atoms with Crippen LogP contribution in [0.5, 0.6) is 0 Å². The van der Waals surface area contributed by atoms with Gasteiger partial charge >= 0.3 is 0 Å². The van der Waals surface area contributed by atoms with Crippen LogP contribution in [0.1, 0.15) is 12.8 Å². The highest BCUT2D eigenvalue weighted by Gasteiger charge is 2.32. The minimum absolute atomic E-state index is 0. The molecule has 0 aliphatic carbocycles. The van der Waals surface area contributed by atoms with Gasteiger partial charge in [0.05, 0.1) is 0 Å². The molecule has 2 aliphatic rings. The summed E-state index contributed by atoms with van der Waals surface area (Å²) < 4.78 is 0. The van der Waals surface area contributed by atoms with Crippen LogP contribution in [0, 0.1) is 0 Å². The number of hydrogen-bond acceptors (Lipinski definition) is 4. The fraction of sp³-hybridized carbons (Fsp3) is 0.600. The predicted molar refractivity (Wildman–Crippen MR) is 68.7 cm³/mol. The number of nitrogens with one attached hydrogen (secondary N) is 1. The van der Waals surface area contributed by atoms with Gasteiger partial charge in [0.25, 0.3) is 0 Å². The zero-order valence-corrected chi connectivity index (χ0v) is 10.5. The number of fused-ring (bicyclic) bond motifs is 2. The van der Waals surface area contributed by atoms with Crippen molar-refractivity contribution in [1.29, 1.82) is 0 Å². The van der Waals surface area contributed by atoms with Crippen LogP contribution < -0.4 is 10.2 Å². The lowest BCUT2D eigenvalue weighted by Crippen LogP contribution is -2.51. The zero-order valence-electron chi connectivity index (χ0n) is 8.87. The second-order valence-electron chi connectivity index (χ2n) is 4.12. The summed E-state index contributed by atoms with van der Waals surface area (Å²) in [5.74, 6) is 1.02. The molecule has 3 rings (SSSR count). The molecule has 90 valence electrons. The molecule has 2 fully saturated rings. The minimum Gasteiger partial charge on any atom is -0.352 e. The van der Waals surface area contributed by atoms with Crippen LogP contribution in [0.25, 0.3) is 0 Å². The molecule has 3 heterocycles. The van der Waals surface area contributed by atoms with Crippen molar-refractivity contribution in [3.8, 4) is 0 Å². The van der Waals surface area contributed by atoms with Crippen molar-refractivity contribution in [2.75, 3.05) is 18.0 Å². The summed E-state index contributed by atoms with van der Waals surface area (Å²) in [6, 6.07) is 5.32. The van der Waals surface area contributed by atoms with Crippen LogP contribution in [-0.4, -0.2) is 35.4 Å². The molecule has 0 radical (unpaired) electrons. The molecule has 1 aromatic heterocycles. The maximum Gasteiger partial charge on any atom is 0.151 e. The van der Waals surface area contributed by atoms with Crippen molar-refractivity contribution < 1.29 is 0 Å². The zero-order chi connectivity index (χ0) is 9.38. The number of nitrogens with zero attached hydrogens (tertiary/aromatic N) is 3. The fourth-order valence-corrected chi connectivity index (χ4v) is 2.45. The van der Waals surface area contributed by atoms with E-state index in [1.165, 1.54) is 12.8 Å². The molecule has 2 bridgehead atoms. The predicted octanol–water partition coefficient (Wildman–Crippen LogP) is 1.26. The van der Waals surface area contributed by atoms with Gasteiger partial charge in [-0.05, 0) is 25.0 Å². The van der Waals surface area contributed by atoms with E-state index < -0.39 is 0 Å². The monoisotopic (exact) mass is 262 g/mol. The Bertz CT molecular complexity index is 310. The number of anilines is 1. The first-order valence-corrected chi connectivity index (χ1v) is 5.20. The molecule has 1 aromatic rings. The van der Waals surface area contributed by atoms with Gasteiger partial charge in [-0.1, -0.05) is 0 Å². The first-order valence-electron chi connectivity index (χ1n) is 5.20. The average Bonchev–Trinajstić information content (AvgIpc) is 2.59. The van der Waals surface area contributed by atoms with Crippen molar-refractivity contribution in [2.45, 2.75) is 24.9 Å². The van der Waals surface area contributed by atoms with Gasteiger partial charge in [0, 0.05) is 31.4 Å². The molecule has 2 aliphatic heterocycles. The maximum absolute atomic E-state index is 4.15. The number of hydrogen-bond donors (Lipinski definition) is 1. The fourth-order valence-electron chi connectivity index (χ4n) is 2.45. The maximum atomic E-state index is 4.15. The van der Waals surface area contributed by atoms with Crippen molar-refractivity contribution in [3.05, 3.63) is 18.3 Å². The Morgan fingerprint density at radius 2 is 1.88 bits per heavy atom. The van der Waals surface area contributed by atoms with Gasteiger partial charge in [0.15, 0.2) is 5.82 Å². The van der Waals surface area contributed by atoms with Crippen molar-refractivity contribution in [1.82, 2.24) is 15.5 Å². The number of aromatic nitrogens is 2. The summed E-state index contributed by atoms with van der Waals surface area (Å²) in [4.78, 5) is 2.34. The Balaban J connectivity index is 0.000000640. The quantitative estimate of drug-likeness (QED) is 0.828. The molecule has 0 spiro atoms. The van der Waals surface area contributed by atoms with Crippen LogP contribution in [0.2, 0.25) is 0 Å². The first-order chi connectivity index (χ1) is 6.92. The Morgan fingerprint density at radius 1 is 1.19 bits per heavy atom. The molecule has 16 heavy (non-hydrogen) atoms. The summed E-state index contributed by atoms with van der Waals surface area (Å²) in [6.07, 6.45) is 4.34. The minimum atomic E-state index is 0. The van der Waals surface area contributed by atoms with Crippen LogP contribution >= 0.6 is 24.8 Å². The Morgan fingerprint density at radius 3 is 2.44 bits per heavy atom. The second kappa shape index (κ2) is 5.66. The molecule has 4 nitrogen and oxygen atoms in total. The first kappa shape index (κ1) is 13.5. The highest BCUT2D eigenvalue weighted by Crippen LogP contribution is 2.22. The normalized spacial score (nSPS) is 26.9. The smallest absolute Gasteiger partial charge is 0.151 e. The molecule has 0 aromatic carbocycles. The molecular weight excluding hydrogens is 247 g/mol. The van der Waals surface area contributed by atoms with Crippen molar-refractivity contribution in [2.24, 2.45) is 0 Å². The highest BCUT2D eigenvalue weighted by atomic mass is 35.5. The van der Waals surface area contributed by atoms with Crippen molar-refractivity contribution >= 4 is 30.6 Å². The third kappa shape index (κ3) is 2.56. The van der Waals surface area contributed by atoms with E-state index in [2.05, 4.69) is 20.4 Å². The van der Waals surface area contributed by atoms with Crippen molar-refractivity contribution in [3.63, 3.8) is 0 Å². The van der Waals surface area contributed by atoms with Gasteiger partial charge in [-0.2, -0.15) is 5.10 Å². The van der Waals surface area contributed by atoms with E-state index in [0.29, 0.717) is 12.1 Å².